The molecule has 0 bridgehead atoms. The van der Waals surface area contributed by atoms with Gasteiger partial charge in [0.15, 0.2) is 0 Å². The van der Waals surface area contributed by atoms with Gasteiger partial charge in [-0.3, -0.25) is 9.78 Å². The van der Waals surface area contributed by atoms with Crippen molar-refractivity contribution in [1.82, 2.24) is 14.2 Å². The molecule has 0 aliphatic carbocycles. The summed E-state index contributed by atoms with van der Waals surface area (Å²) in [4.78, 5) is 18.0. The van der Waals surface area contributed by atoms with Crippen LogP contribution in [0.3, 0.4) is 0 Å². The van der Waals surface area contributed by atoms with Gasteiger partial charge in [-0.25, -0.2) is 8.42 Å². The third-order valence-electron chi connectivity index (χ3n) is 3.92. The van der Waals surface area contributed by atoms with E-state index in [1.165, 1.54) is 4.31 Å². The Bertz CT molecular complexity index is 589. The van der Waals surface area contributed by atoms with Crippen molar-refractivity contribution in [1.29, 1.82) is 0 Å². The van der Waals surface area contributed by atoms with Gasteiger partial charge in [0.1, 0.15) is 0 Å². The van der Waals surface area contributed by atoms with Crippen molar-refractivity contribution in [2.45, 2.75) is 26.2 Å². The van der Waals surface area contributed by atoms with E-state index in [1.54, 1.807) is 17.3 Å². The minimum absolute atomic E-state index is 0.0352. The average molecular weight is 325 g/mol. The van der Waals surface area contributed by atoms with Gasteiger partial charge in [0.25, 0.3) is 0 Å². The molecule has 1 aliphatic rings. The van der Waals surface area contributed by atoms with Crippen LogP contribution in [0.15, 0.2) is 24.5 Å². The summed E-state index contributed by atoms with van der Waals surface area (Å²) >= 11 is 0. The molecule has 0 unspecified atom stereocenters. The fraction of sp³-hybridized carbons (Fsp3) is 0.600. The van der Waals surface area contributed by atoms with E-state index >= 15 is 0 Å². The summed E-state index contributed by atoms with van der Waals surface area (Å²) in [5, 5.41) is 0. The van der Waals surface area contributed by atoms with Crippen molar-refractivity contribution in [3.63, 3.8) is 0 Å². The molecule has 0 radical (unpaired) electrons. The molecule has 1 aromatic heterocycles. The summed E-state index contributed by atoms with van der Waals surface area (Å²) < 4.78 is 25.2. The molecule has 1 aliphatic heterocycles. The molecule has 2 heterocycles. The van der Waals surface area contributed by atoms with E-state index in [1.807, 2.05) is 19.1 Å². The predicted molar refractivity (Wildman–Crippen MR) is 84.8 cm³/mol. The van der Waals surface area contributed by atoms with Crippen molar-refractivity contribution in [3.05, 3.63) is 30.1 Å². The van der Waals surface area contributed by atoms with Crippen LogP contribution in [0.25, 0.3) is 0 Å². The number of rotatable bonds is 6. The molecule has 1 fully saturated rings. The number of amides is 1. The van der Waals surface area contributed by atoms with Crippen LogP contribution in [0.2, 0.25) is 0 Å². The second kappa shape index (κ2) is 7.69. The minimum Gasteiger partial charge on any atom is -0.342 e. The van der Waals surface area contributed by atoms with Crippen molar-refractivity contribution in [2.24, 2.45) is 0 Å². The first-order chi connectivity index (χ1) is 10.5. The molecule has 1 saturated heterocycles. The quantitative estimate of drug-likeness (QED) is 0.779. The zero-order chi connectivity index (χ0) is 16.0. The number of likely N-dealkylation sites (N-methyl/N-ethyl adjacent to an activating group) is 1. The Hall–Kier alpha value is -1.47. The predicted octanol–water partition coefficient (Wildman–Crippen LogP) is 0.898. The number of carbonyl (C=O) groups excluding carboxylic acids is 1. The van der Waals surface area contributed by atoms with Gasteiger partial charge in [0, 0.05) is 32.0 Å². The number of carbonyl (C=O) groups is 1. The van der Waals surface area contributed by atoms with E-state index in [2.05, 4.69) is 4.98 Å². The van der Waals surface area contributed by atoms with Crippen LogP contribution in [0.4, 0.5) is 0 Å². The molecule has 0 aromatic carbocycles. The zero-order valence-electron chi connectivity index (χ0n) is 12.9. The van der Waals surface area contributed by atoms with Crippen LogP contribution >= 0.6 is 0 Å². The lowest BCUT2D eigenvalue weighted by atomic mass is 10.2. The highest BCUT2D eigenvalue weighted by Crippen LogP contribution is 2.13. The van der Waals surface area contributed by atoms with Gasteiger partial charge in [0.05, 0.1) is 12.3 Å². The Balaban J connectivity index is 1.91. The summed E-state index contributed by atoms with van der Waals surface area (Å²) in [6.07, 6.45) is 5.72. The molecule has 2 rings (SSSR count). The highest BCUT2D eigenvalue weighted by atomic mass is 32.2. The monoisotopic (exact) mass is 325 g/mol. The molecule has 0 spiro atoms. The average Bonchev–Trinajstić information content (AvgIpc) is 2.51. The number of hydrogen-bond acceptors (Lipinski definition) is 4. The molecule has 22 heavy (non-hydrogen) atoms. The third kappa shape index (κ3) is 4.51. The van der Waals surface area contributed by atoms with Crippen molar-refractivity contribution < 1.29 is 13.2 Å². The van der Waals surface area contributed by atoms with E-state index in [0.29, 0.717) is 26.1 Å². The van der Waals surface area contributed by atoms with E-state index in [0.717, 1.165) is 18.4 Å². The molecule has 0 N–H and O–H groups in total. The van der Waals surface area contributed by atoms with Crippen LogP contribution in [-0.2, 0) is 21.2 Å². The standard InChI is InChI=1S/C15H23N3O3S/c1-2-17(11-7-14-5-8-16-9-6-14)15(19)13-18-10-3-4-12-22(18,20)21/h5-6,8-9H,2-4,7,10-13H2,1H3. The number of pyridine rings is 1. The van der Waals surface area contributed by atoms with Gasteiger partial charge in [-0.1, -0.05) is 0 Å². The summed E-state index contributed by atoms with van der Waals surface area (Å²) in [5.74, 6) is 0.0331. The maximum atomic E-state index is 12.4. The second-order valence-electron chi connectivity index (χ2n) is 5.44. The topological polar surface area (TPSA) is 70.6 Å². The number of sulfonamides is 1. The number of hydrogen-bond donors (Lipinski definition) is 0. The Kier molecular flexibility index (Phi) is 5.90. The van der Waals surface area contributed by atoms with Crippen LogP contribution in [0.1, 0.15) is 25.3 Å². The molecule has 7 heteroatoms. The highest BCUT2D eigenvalue weighted by Gasteiger charge is 2.28. The zero-order valence-corrected chi connectivity index (χ0v) is 13.8. The first-order valence-corrected chi connectivity index (χ1v) is 9.28. The SMILES string of the molecule is CCN(CCc1ccncc1)C(=O)CN1CCCCS1(=O)=O. The molecule has 0 atom stereocenters. The van der Waals surface area contributed by atoms with Gasteiger partial charge in [-0.15, -0.1) is 0 Å². The second-order valence-corrected chi connectivity index (χ2v) is 7.52. The normalized spacial score (nSPS) is 18.0. The number of aromatic nitrogens is 1. The van der Waals surface area contributed by atoms with Crippen LogP contribution in [-0.4, -0.2) is 60.4 Å². The summed E-state index contributed by atoms with van der Waals surface area (Å²) in [5.41, 5.74) is 1.12. The first kappa shape index (κ1) is 16.9. The first-order valence-electron chi connectivity index (χ1n) is 7.67. The molecule has 0 saturated carbocycles. The highest BCUT2D eigenvalue weighted by molar-refractivity contribution is 7.89. The Morgan fingerprint density at radius 1 is 1.32 bits per heavy atom. The Morgan fingerprint density at radius 3 is 2.68 bits per heavy atom. The minimum atomic E-state index is -3.25. The molecular weight excluding hydrogens is 302 g/mol. The lowest BCUT2D eigenvalue weighted by Crippen LogP contribution is -2.46. The fourth-order valence-electron chi connectivity index (χ4n) is 2.54. The maximum absolute atomic E-state index is 12.4. The summed E-state index contributed by atoms with van der Waals surface area (Å²) in [7, 11) is -3.25. The molecule has 1 amide bonds. The van der Waals surface area contributed by atoms with Gasteiger partial charge in [-0.05, 0) is 43.9 Å². The van der Waals surface area contributed by atoms with Crippen LogP contribution in [0.5, 0.6) is 0 Å². The third-order valence-corrected chi connectivity index (χ3v) is 5.82. The van der Waals surface area contributed by atoms with Crippen molar-refractivity contribution in [3.8, 4) is 0 Å². The lowest BCUT2D eigenvalue weighted by Gasteiger charge is -2.28. The van der Waals surface area contributed by atoms with Crippen LogP contribution < -0.4 is 0 Å². The van der Waals surface area contributed by atoms with Gasteiger partial charge in [0.2, 0.25) is 15.9 Å². The molecule has 1 aromatic rings. The Labute approximate surface area is 132 Å². The fourth-order valence-corrected chi connectivity index (χ4v) is 4.08. The summed E-state index contributed by atoms with van der Waals surface area (Å²) in [6.45, 7) is 3.50. The van der Waals surface area contributed by atoms with E-state index in [-0.39, 0.29) is 18.2 Å². The Morgan fingerprint density at radius 2 is 2.05 bits per heavy atom. The van der Waals surface area contributed by atoms with Crippen LogP contribution in [0, 0.1) is 0 Å². The van der Waals surface area contributed by atoms with E-state index < -0.39 is 10.0 Å². The molecular formula is C15H23N3O3S. The summed E-state index contributed by atoms with van der Waals surface area (Å²) in [6, 6.07) is 3.85. The number of nitrogens with zero attached hydrogens (tertiary/aromatic N) is 3. The van der Waals surface area contributed by atoms with Gasteiger partial charge >= 0.3 is 0 Å². The lowest BCUT2D eigenvalue weighted by molar-refractivity contribution is -0.131. The molecule has 122 valence electrons. The van der Waals surface area contributed by atoms with Gasteiger partial charge in [-0.2, -0.15) is 4.31 Å². The van der Waals surface area contributed by atoms with Crippen molar-refractivity contribution >= 4 is 15.9 Å². The molecule has 6 nitrogen and oxygen atoms in total. The van der Waals surface area contributed by atoms with Crippen molar-refractivity contribution in [2.75, 3.05) is 31.9 Å². The smallest absolute Gasteiger partial charge is 0.237 e. The largest absolute Gasteiger partial charge is 0.342 e. The van der Waals surface area contributed by atoms with E-state index in [4.69, 9.17) is 0 Å². The van der Waals surface area contributed by atoms with E-state index in [9.17, 15) is 13.2 Å². The van der Waals surface area contributed by atoms with Gasteiger partial charge < -0.3 is 4.90 Å². The maximum Gasteiger partial charge on any atom is 0.237 e.